The molecule has 0 aromatic carbocycles. The van der Waals surface area contributed by atoms with E-state index in [4.69, 9.17) is 0 Å². The summed E-state index contributed by atoms with van der Waals surface area (Å²) in [7, 11) is 0. The molecule has 0 unspecified atom stereocenters. The van der Waals surface area contributed by atoms with E-state index in [2.05, 4.69) is 13.8 Å². The molecule has 1 aliphatic rings. The fourth-order valence-electron chi connectivity index (χ4n) is 1.33. The summed E-state index contributed by atoms with van der Waals surface area (Å²) in [6.07, 6.45) is 5.83. The fourth-order valence-corrected chi connectivity index (χ4v) is 1.33. The quantitative estimate of drug-likeness (QED) is 0.346. The zero-order valence-electron chi connectivity index (χ0n) is 6.79. The van der Waals surface area contributed by atoms with E-state index in [0.717, 1.165) is 0 Å². The van der Waals surface area contributed by atoms with Crippen LogP contribution in [0, 0.1) is 5.41 Å². The average Bonchev–Trinajstić information content (AvgIpc) is 1.84. The molecule has 0 aromatic rings. The van der Waals surface area contributed by atoms with Gasteiger partial charge in [0.2, 0.25) is 0 Å². The Bertz CT molecular complexity index is 66.0. The van der Waals surface area contributed by atoms with Crippen LogP contribution >= 0.6 is 0 Å². The standard InChI is InChI=1S/C7H14.2ClH.Mg/c1-7(2)5-3-4-6-7;;;/h3-6H2,1-2H3;2*1H;/q;;;+2/p-2. The first-order chi connectivity index (χ1) is 3.21. The van der Waals surface area contributed by atoms with E-state index in [1.54, 1.807) is 0 Å². The van der Waals surface area contributed by atoms with Crippen molar-refractivity contribution in [3.63, 3.8) is 0 Å². The van der Waals surface area contributed by atoms with E-state index >= 15 is 0 Å². The van der Waals surface area contributed by atoms with Crippen LogP contribution in [0.25, 0.3) is 0 Å². The SMILES string of the molecule is CC1(C)CCCC1.[Cl-].[Cl-].[Mg+2]. The molecule has 0 N–H and O–H groups in total. The van der Waals surface area contributed by atoms with Crippen molar-refractivity contribution in [1.82, 2.24) is 0 Å². The molecule has 3 heteroatoms. The maximum Gasteiger partial charge on any atom is 2.00 e. The Morgan fingerprint density at radius 2 is 1.20 bits per heavy atom. The van der Waals surface area contributed by atoms with Gasteiger partial charge in [-0.3, -0.25) is 0 Å². The molecule has 0 radical (unpaired) electrons. The molecule has 10 heavy (non-hydrogen) atoms. The summed E-state index contributed by atoms with van der Waals surface area (Å²) in [5.41, 5.74) is 0.694. The zero-order valence-corrected chi connectivity index (χ0v) is 9.72. The van der Waals surface area contributed by atoms with Crippen molar-refractivity contribution in [2.45, 2.75) is 39.5 Å². The van der Waals surface area contributed by atoms with Crippen LogP contribution in [-0.2, 0) is 0 Å². The van der Waals surface area contributed by atoms with E-state index in [9.17, 15) is 0 Å². The molecule has 1 saturated carbocycles. The van der Waals surface area contributed by atoms with Crippen molar-refractivity contribution >= 4 is 23.1 Å². The van der Waals surface area contributed by atoms with E-state index < -0.39 is 0 Å². The predicted octanol–water partition coefficient (Wildman–Crippen LogP) is -3.79. The summed E-state index contributed by atoms with van der Waals surface area (Å²) in [6, 6.07) is 0. The largest absolute Gasteiger partial charge is 2.00 e. The molecule has 0 bridgehead atoms. The van der Waals surface area contributed by atoms with Gasteiger partial charge in [0.25, 0.3) is 0 Å². The number of hydrogen-bond donors (Lipinski definition) is 0. The average molecular weight is 193 g/mol. The smallest absolute Gasteiger partial charge is 1.00 e. The molecule has 0 amide bonds. The molecular weight excluding hydrogens is 179 g/mol. The van der Waals surface area contributed by atoms with Crippen molar-refractivity contribution in [1.29, 1.82) is 0 Å². The first-order valence-electron chi connectivity index (χ1n) is 3.21. The predicted molar refractivity (Wildman–Crippen MR) is 38.0 cm³/mol. The second-order valence-electron chi connectivity index (χ2n) is 3.37. The summed E-state index contributed by atoms with van der Waals surface area (Å²) >= 11 is 0. The monoisotopic (exact) mass is 192 g/mol. The molecule has 0 heterocycles. The zero-order chi connectivity index (χ0) is 5.33. The number of rotatable bonds is 0. The Morgan fingerprint density at radius 3 is 1.30 bits per heavy atom. The molecule has 1 rings (SSSR count). The second-order valence-corrected chi connectivity index (χ2v) is 3.37. The van der Waals surface area contributed by atoms with Gasteiger partial charge in [0, 0.05) is 0 Å². The van der Waals surface area contributed by atoms with E-state index in [1.165, 1.54) is 25.7 Å². The summed E-state index contributed by atoms with van der Waals surface area (Å²) in [5, 5.41) is 0. The van der Waals surface area contributed by atoms with Crippen LogP contribution in [-0.4, -0.2) is 23.1 Å². The van der Waals surface area contributed by atoms with Gasteiger partial charge >= 0.3 is 23.1 Å². The summed E-state index contributed by atoms with van der Waals surface area (Å²) in [5.74, 6) is 0. The first-order valence-corrected chi connectivity index (χ1v) is 3.21. The van der Waals surface area contributed by atoms with Gasteiger partial charge in [-0.1, -0.05) is 26.7 Å². The van der Waals surface area contributed by atoms with Gasteiger partial charge < -0.3 is 24.8 Å². The van der Waals surface area contributed by atoms with Crippen LogP contribution in [0.15, 0.2) is 0 Å². The molecule has 0 aromatic heterocycles. The normalized spacial score (nSPS) is 19.8. The molecule has 58 valence electrons. The third kappa shape index (κ3) is 6.08. The minimum Gasteiger partial charge on any atom is -1.00 e. The van der Waals surface area contributed by atoms with Crippen molar-refractivity contribution in [3.8, 4) is 0 Å². The fraction of sp³-hybridized carbons (Fsp3) is 1.00. The van der Waals surface area contributed by atoms with E-state index in [-0.39, 0.29) is 47.9 Å². The van der Waals surface area contributed by atoms with Gasteiger partial charge in [0.1, 0.15) is 0 Å². The Labute approximate surface area is 92.5 Å². The van der Waals surface area contributed by atoms with Gasteiger partial charge in [-0.25, -0.2) is 0 Å². The molecular formula is C7H14Cl2Mg. The van der Waals surface area contributed by atoms with Crippen molar-refractivity contribution < 1.29 is 24.8 Å². The van der Waals surface area contributed by atoms with E-state index in [0.29, 0.717) is 5.41 Å². The summed E-state index contributed by atoms with van der Waals surface area (Å²) in [4.78, 5) is 0. The molecule has 1 fully saturated rings. The molecule has 0 atom stereocenters. The van der Waals surface area contributed by atoms with Gasteiger partial charge in [0.05, 0.1) is 0 Å². The molecule has 0 spiro atoms. The number of halogens is 2. The maximum absolute atomic E-state index is 2.36. The Balaban J connectivity index is -0.000000163. The van der Waals surface area contributed by atoms with Gasteiger partial charge in [-0.2, -0.15) is 0 Å². The Hall–Kier alpha value is 1.35. The summed E-state index contributed by atoms with van der Waals surface area (Å²) < 4.78 is 0. The molecule has 1 aliphatic carbocycles. The minimum absolute atomic E-state index is 0. The Kier molecular flexibility index (Phi) is 12.2. The van der Waals surface area contributed by atoms with Crippen LogP contribution < -0.4 is 24.8 Å². The molecule has 0 saturated heterocycles. The molecule has 0 aliphatic heterocycles. The Morgan fingerprint density at radius 1 is 0.900 bits per heavy atom. The van der Waals surface area contributed by atoms with Gasteiger partial charge in [-0.15, -0.1) is 0 Å². The number of hydrogen-bond acceptors (Lipinski definition) is 0. The topological polar surface area (TPSA) is 0 Å². The first kappa shape index (κ1) is 17.4. The van der Waals surface area contributed by atoms with Crippen LogP contribution in [0.2, 0.25) is 0 Å². The van der Waals surface area contributed by atoms with E-state index in [1.807, 2.05) is 0 Å². The minimum atomic E-state index is 0. The van der Waals surface area contributed by atoms with Crippen LogP contribution in [0.5, 0.6) is 0 Å². The van der Waals surface area contributed by atoms with Crippen molar-refractivity contribution in [2.24, 2.45) is 5.41 Å². The van der Waals surface area contributed by atoms with Gasteiger partial charge in [-0.05, 0) is 18.3 Å². The summed E-state index contributed by atoms with van der Waals surface area (Å²) in [6.45, 7) is 4.72. The van der Waals surface area contributed by atoms with Gasteiger partial charge in [0.15, 0.2) is 0 Å². The van der Waals surface area contributed by atoms with Crippen LogP contribution in [0.1, 0.15) is 39.5 Å². The van der Waals surface area contributed by atoms with Crippen LogP contribution in [0.3, 0.4) is 0 Å². The van der Waals surface area contributed by atoms with Crippen LogP contribution in [0.4, 0.5) is 0 Å². The van der Waals surface area contributed by atoms with Crippen molar-refractivity contribution in [3.05, 3.63) is 0 Å². The molecule has 0 nitrogen and oxygen atoms in total. The second kappa shape index (κ2) is 7.02. The van der Waals surface area contributed by atoms with Crippen molar-refractivity contribution in [2.75, 3.05) is 0 Å². The third-order valence-corrected chi connectivity index (χ3v) is 1.96. The third-order valence-electron chi connectivity index (χ3n) is 1.96. The maximum atomic E-state index is 2.36.